The summed E-state index contributed by atoms with van der Waals surface area (Å²) in [5.41, 5.74) is 0. The SMILES string of the molecule is CC.CC.CCC1CCC(C2CCC(CC)CC2)CC1. The maximum Gasteiger partial charge on any atom is -0.0386 e. The molecule has 2 aliphatic carbocycles. The molecule has 0 atom stereocenters. The molecule has 0 unspecified atom stereocenters. The van der Waals surface area contributed by atoms with E-state index in [0.717, 1.165) is 23.7 Å². The minimum absolute atomic E-state index is 1.07. The molecule has 0 amide bonds. The molecule has 2 saturated carbocycles. The van der Waals surface area contributed by atoms with Crippen LogP contribution in [0.5, 0.6) is 0 Å². The van der Waals surface area contributed by atoms with Gasteiger partial charge in [0.15, 0.2) is 0 Å². The second-order valence-electron chi connectivity index (χ2n) is 6.38. The molecule has 0 aromatic carbocycles. The van der Waals surface area contributed by atoms with E-state index in [-0.39, 0.29) is 0 Å². The molecule has 122 valence electrons. The summed E-state index contributed by atoms with van der Waals surface area (Å²) in [6, 6.07) is 0. The number of hydrogen-bond donors (Lipinski definition) is 0. The van der Waals surface area contributed by atoms with E-state index in [1.165, 1.54) is 38.5 Å². The largest absolute Gasteiger partial charge is 0.0683 e. The Morgan fingerprint density at radius 2 is 0.750 bits per heavy atom. The predicted molar refractivity (Wildman–Crippen MR) is 94.2 cm³/mol. The average molecular weight is 283 g/mol. The van der Waals surface area contributed by atoms with E-state index in [1.807, 2.05) is 27.7 Å². The van der Waals surface area contributed by atoms with Gasteiger partial charge in [0.25, 0.3) is 0 Å². The Hall–Kier alpha value is 0. The van der Waals surface area contributed by atoms with Crippen molar-refractivity contribution < 1.29 is 0 Å². The number of rotatable bonds is 3. The fourth-order valence-corrected chi connectivity index (χ4v) is 4.14. The van der Waals surface area contributed by atoms with Gasteiger partial charge in [0, 0.05) is 0 Å². The third kappa shape index (κ3) is 6.64. The van der Waals surface area contributed by atoms with Crippen LogP contribution in [-0.4, -0.2) is 0 Å². The maximum atomic E-state index is 2.37. The van der Waals surface area contributed by atoms with Crippen molar-refractivity contribution in [2.45, 2.75) is 106 Å². The van der Waals surface area contributed by atoms with Crippen LogP contribution in [0, 0.1) is 23.7 Å². The Kier molecular flexibility index (Phi) is 12.7. The monoisotopic (exact) mass is 282 g/mol. The fourth-order valence-electron chi connectivity index (χ4n) is 4.14. The Morgan fingerprint density at radius 3 is 0.950 bits per heavy atom. The van der Waals surface area contributed by atoms with Crippen LogP contribution < -0.4 is 0 Å². The molecule has 0 aromatic rings. The molecular weight excluding hydrogens is 240 g/mol. The van der Waals surface area contributed by atoms with Crippen LogP contribution in [0.15, 0.2) is 0 Å². The highest BCUT2D eigenvalue weighted by molar-refractivity contribution is 4.81. The highest BCUT2D eigenvalue weighted by Gasteiger charge is 2.29. The van der Waals surface area contributed by atoms with Gasteiger partial charge >= 0.3 is 0 Å². The van der Waals surface area contributed by atoms with Crippen molar-refractivity contribution in [3.8, 4) is 0 Å². The molecule has 0 nitrogen and oxygen atoms in total. The molecule has 0 radical (unpaired) electrons. The van der Waals surface area contributed by atoms with Gasteiger partial charge in [-0.1, -0.05) is 80.1 Å². The lowest BCUT2D eigenvalue weighted by Gasteiger charge is -2.37. The van der Waals surface area contributed by atoms with Gasteiger partial charge in [-0.15, -0.1) is 0 Å². The molecule has 0 N–H and O–H groups in total. The zero-order valence-electron chi connectivity index (χ0n) is 15.4. The van der Waals surface area contributed by atoms with Crippen molar-refractivity contribution in [3.05, 3.63) is 0 Å². The third-order valence-electron chi connectivity index (χ3n) is 5.60. The van der Waals surface area contributed by atoms with E-state index in [1.54, 1.807) is 25.7 Å². The van der Waals surface area contributed by atoms with E-state index in [0.29, 0.717) is 0 Å². The summed E-state index contributed by atoms with van der Waals surface area (Å²) in [6.07, 6.45) is 15.2. The van der Waals surface area contributed by atoms with Gasteiger partial charge in [-0.3, -0.25) is 0 Å². The van der Waals surface area contributed by atoms with Gasteiger partial charge in [-0.05, 0) is 49.4 Å². The van der Waals surface area contributed by atoms with E-state index < -0.39 is 0 Å². The fraction of sp³-hybridized carbons (Fsp3) is 1.00. The van der Waals surface area contributed by atoms with Crippen molar-refractivity contribution in [2.75, 3.05) is 0 Å². The molecule has 0 heteroatoms. The lowest BCUT2D eigenvalue weighted by atomic mass is 9.68. The quantitative estimate of drug-likeness (QED) is 0.503. The minimum Gasteiger partial charge on any atom is -0.0683 e. The molecule has 20 heavy (non-hydrogen) atoms. The van der Waals surface area contributed by atoms with Gasteiger partial charge in [-0.2, -0.15) is 0 Å². The van der Waals surface area contributed by atoms with Gasteiger partial charge < -0.3 is 0 Å². The van der Waals surface area contributed by atoms with Crippen LogP contribution in [0.25, 0.3) is 0 Å². The third-order valence-corrected chi connectivity index (χ3v) is 5.60. The zero-order chi connectivity index (χ0) is 15.4. The normalized spacial score (nSPS) is 33.3. The lowest BCUT2D eigenvalue weighted by molar-refractivity contribution is 0.144. The Morgan fingerprint density at radius 1 is 0.500 bits per heavy atom. The molecular formula is C20H42. The summed E-state index contributed by atoms with van der Waals surface area (Å²) < 4.78 is 0. The highest BCUT2D eigenvalue weighted by atomic mass is 14.3. The minimum atomic E-state index is 1.07. The van der Waals surface area contributed by atoms with Crippen LogP contribution in [0.1, 0.15) is 106 Å². The van der Waals surface area contributed by atoms with Gasteiger partial charge in [0.05, 0.1) is 0 Å². The Balaban J connectivity index is 0.000000829. The molecule has 0 spiro atoms. The summed E-state index contributed by atoms with van der Waals surface area (Å²) in [4.78, 5) is 0. The first-order valence-electron chi connectivity index (χ1n) is 9.83. The van der Waals surface area contributed by atoms with Crippen LogP contribution >= 0.6 is 0 Å². The zero-order valence-corrected chi connectivity index (χ0v) is 15.4. The van der Waals surface area contributed by atoms with Crippen LogP contribution in [0.3, 0.4) is 0 Å². The summed E-state index contributed by atoms with van der Waals surface area (Å²) in [6.45, 7) is 12.7. The molecule has 0 heterocycles. The van der Waals surface area contributed by atoms with Crippen molar-refractivity contribution >= 4 is 0 Å². The van der Waals surface area contributed by atoms with E-state index in [2.05, 4.69) is 13.8 Å². The van der Waals surface area contributed by atoms with Crippen molar-refractivity contribution in [1.82, 2.24) is 0 Å². The molecule has 0 aliphatic heterocycles. The van der Waals surface area contributed by atoms with Crippen LogP contribution in [0.2, 0.25) is 0 Å². The molecule has 2 fully saturated rings. The summed E-state index contributed by atoms with van der Waals surface area (Å²) in [7, 11) is 0. The van der Waals surface area contributed by atoms with Crippen molar-refractivity contribution in [3.63, 3.8) is 0 Å². The Labute approximate surface area is 130 Å². The van der Waals surface area contributed by atoms with Crippen molar-refractivity contribution in [2.24, 2.45) is 23.7 Å². The Bertz CT molecular complexity index is 158. The first-order valence-corrected chi connectivity index (χ1v) is 9.83. The average Bonchev–Trinajstić information content (AvgIpc) is 2.59. The van der Waals surface area contributed by atoms with Crippen molar-refractivity contribution in [1.29, 1.82) is 0 Å². The van der Waals surface area contributed by atoms with E-state index >= 15 is 0 Å². The molecule has 0 aromatic heterocycles. The number of hydrogen-bond acceptors (Lipinski definition) is 0. The van der Waals surface area contributed by atoms with Crippen LogP contribution in [0.4, 0.5) is 0 Å². The first kappa shape index (κ1) is 20.0. The second kappa shape index (κ2) is 12.7. The van der Waals surface area contributed by atoms with E-state index in [4.69, 9.17) is 0 Å². The standard InChI is InChI=1S/C16H30.2C2H6/c1-3-13-5-9-15(10-6-13)16-11-7-14(4-2)8-12-16;2*1-2/h13-16H,3-12H2,1-2H3;2*1-2H3. The van der Waals surface area contributed by atoms with Gasteiger partial charge in [-0.25, -0.2) is 0 Å². The molecule has 0 saturated heterocycles. The smallest absolute Gasteiger partial charge is 0.0386 e. The van der Waals surface area contributed by atoms with E-state index in [9.17, 15) is 0 Å². The highest BCUT2D eigenvalue weighted by Crippen LogP contribution is 2.42. The summed E-state index contributed by atoms with van der Waals surface area (Å²) >= 11 is 0. The maximum absolute atomic E-state index is 2.37. The molecule has 2 aliphatic rings. The lowest BCUT2D eigenvalue weighted by Crippen LogP contribution is -2.25. The second-order valence-corrected chi connectivity index (χ2v) is 6.38. The summed E-state index contributed by atoms with van der Waals surface area (Å²) in [5.74, 6) is 4.37. The topological polar surface area (TPSA) is 0 Å². The predicted octanol–water partition coefficient (Wildman–Crippen LogP) is 7.47. The van der Waals surface area contributed by atoms with Gasteiger partial charge in [0.2, 0.25) is 0 Å². The summed E-state index contributed by atoms with van der Waals surface area (Å²) in [5, 5.41) is 0. The van der Waals surface area contributed by atoms with Gasteiger partial charge in [0.1, 0.15) is 0 Å². The first-order chi connectivity index (χ1) is 9.83. The molecule has 0 bridgehead atoms. The molecule has 2 rings (SSSR count). The van der Waals surface area contributed by atoms with Crippen LogP contribution in [-0.2, 0) is 0 Å².